The zero-order chi connectivity index (χ0) is 12.5. The van der Waals surface area contributed by atoms with Gasteiger partial charge in [0.25, 0.3) is 0 Å². The van der Waals surface area contributed by atoms with Crippen LogP contribution < -0.4 is 0 Å². The SMILES string of the molecule is CC(C)CCC[C@H](C)CCCc1ccccc1. The van der Waals surface area contributed by atoms with Crippen molar-refractivity contribution in [3.8, 4) is 0 Å². The van der Waals surface area contributed by atoms with Crippen LogP contribution in [0, 0.1) is 11.8 Å². The summed E-state index contributed by atoms with van der Waals surface area (Å²) in [6.45, 7) is 7.05. The van der Waals surface area contributed by atoms with Crippen LogP contribution in [0.4, 0.5) is 0 Å². The molecule has 0 aliphatic carbocycles. The third kappa shape index (κ3) is 7.20. The van der Waals surface area contributed by atoms with Gasteiger partial charge in [-0.05, 0) is 30.2 Å². The van der Waals surface area contributed by atoms with E-state index in [1.54, 1.807) is 0 Å². The van der Waals surface area contributed by atoms with Gasteiger partial charge in [-0.3, -0.25) is 0 Å². The van der Waals surface area contributed by atoms with E-state index in [-0.39, 0.29) is 0 Å². The second-order valence-corrected chi connectivity index (χ2v) is 5.81. The molecule has 0 heterocycles. The summed E-state index contributed by atoms with van der Waals surface area (Å²) >= 11 is 0. The fraction of sp³-hybridized carbons (Fsp3) is 0.647. The summed E-state index contributed by atoms with van der Waals surface area (Å²) in [4.78, 5) is 0. The molecular weight excluding hydrogens is 204 g/mol. The first kappa shape index (κ1) is 14.3. The molecule has 0 nitrogen and oxygen atoms in total. The Morgan fingerprint density at radius 2 is 1.47 bits per heavy atom. The van der Waals surface area contributed by atoms with E-state index >= 15 is 0 Å². The maximum Gasteiger partial charge on any atom is -0.0279 e. The summed E-state index contributed by atoms with van der Waals surface area (Å²) in [7, 11) is 0. The molecule has 0 bridgehead atoms. The monoisotopic (exact) mass is 232 g/mol. The van der Waals surface area contributed by atoms with E-state index in [9.17, 15) is 0 Å². The van der Waals surface area contributed by atoms with Gasteiger partial charge in [0.1, 0.15) is 0 Å². The van der Waals surface area contributed by atoms with Crippen LogP contribution in [0.15, 0.2) is 30.3 Å². The van der Waals surface area contributed by atoms with Crippen molar-refractivity contribution in [1.29, 1.82) is 0 Å². The normalized spacial score (nSPS) is 12.9. The Hall–Kier alpha value is -0.780. The van der Waals surface area contributed by atoms with Crippen molar-refractivity contribution < 1.29 is 0 Å². The van der Waals surface area contributed by atoms with Crippen LogP contribution in [0.25, 0.3) is 0 Å². The average Bonchev–Trinajstić information content (AvgIpc) is 2.30. The molecule has 0 spiro atoms. The first-order valence-electron chi connectivity index (χ1n) is 7.22. The third-order valence-corrected chi connectivity index (χ3v) is 3.48. The highest BCUT2D eigenvalue weighted by Gasteiger charge is 2.03. The van der Waals surface area contributed by atoms with Gasteiger partial charge in [-0.1, -0.05) is 76.8 Å². The zero-order valence-electron chi connectivity index (χ0n) is 11.8. The molecule has 0 aliphatic heterocycles. The lowest BCUT2D eigenvalue weighted by molar-refractivity contribution is 0.427. The minimum absolute atomic E-state index is 0.867. The fourth-order valence-electron chi connectivity index (χ4n) is 2.32. The molecule has 0 radical (unpaired) electrons. The quantitative estimate of drug-likeness (QED) is 0.557. The molecule has 1 aromatic carbocycles. The Labute approximate surface area is 107 Å². The van der Waals surface area contributed by atoms with Crippen molar-refractivity contribution in [2.45, 2.75) is 59.3 Å². The predicted octanol–water partition coefficient (Wildman–Crippen LogP) is 5.47. The molecular formula is C17H28. The van der Waals surface area contributed by atoms with Crippen molar-refractivity contribution >= 4 is 0 Å². The minimum atomic E-state index is 0.867. The molecule has 1 atom stereocenters. The molecule has 0 aliphatic rings. The van der Waals surface area contributed by atoms with Crippen LogP contribution in [0.1, 0.15) is 58.4 Å². The van der Waals surface area contributed by atoms with E-state index in [4.69, 9.17) is 0 Å². The van der Waals surface area contributed by atoms with Crippen LogP contribution in [0.5, 0.6) is 0 Å². The summed E-state index contributed by atoms with van der Waals surface area (Å²) in [5.74, 6) is 1.77. The van der Waals surface area contributed by atoms with Gasteiger partial charge in [-0.15, -0.1) is 0 Å². The van der Waals surface area contributed by atoms with E-state index in [2.05, 4.69) is 51.1 Å². The molecule has 0 saturated carbocycles. The molecule has 1 aromatic rings. The second kappa shape index (κ2) is 8.33. The Morgan fingerprint density at radius 3 is 2.12 bits per heavy atom. The topological polar surface area (TPSA) is 0 Å². The van der Waals surface area contributed by atoms with Gasteiger partial charge in [-0.2, -0.15) is 0 Å². The lowest BCUT2D eigenvalue weighted by Gasteiger charge is -2.12. The lowest BCUT2D eigenvalue weighted by atomic mass is 9.94. The molecule has 0 heteroatoms. The average molecular weight is 232 g/mol. The number of rotatable bonds is 8. The molecule has 0 unspecified atom stereocenters. The molecule has 17 heavy (non-hydrogen) atoms. The molecule has 0 N–H and O–H groups in total. The number of hydrogen-bond acceptors (Lipinski definition) is 0. The molecule has 1 rings (SSSR count). The number of aryl methyl sites for hydroxylation is 1. The minimum Gasteiger partial charge on any atom is -0.0628 e. The first-order valence-corrected chi connectivity index (χ1v) is 7.22. The van der Waals surface area contributed by atoms with E-state index in [0.717, 1.165) is 11.8 Å². The standard InChI is InChI=1S/C17H28/c1-15(2)9-7-10-16(3)11-8-14-17-12-5-4-6-13-17/h4-6,12-13,15-16H,7-11,14H2,1-3H3/t16-/m0/s1. The third-order valence-electron chi connectivity index (χ3n) is 3.48. The largest absolute Gasteiger partial charge is 0.0628 e. The Bertz CT molecular complexity index is 273. The molecule has 0 amide bonds. The predicted molar refractivity (Wildman–Crippen MR) is 77.2 cm³/mol. The van der Waals surface area contributed by atoms with Crippen LogP contribution in [0.2, 0.25) is 0 Å². The molecule has 0 saturated heterocycles. The van der Waals surface area contributed by atoms with Gasteiger partial charge in [0.05, 0.1) is 0 Å². The van der Waals surface area contributed by atoms with Crippen LogP contribution in [0.3, 0.4) is 0 Å². The second-order valence-electron chi connectivity index (χ2n) is 5.81. The van der Waals surface area contributed by atoms with E-state index in [0.29, 0.717) is 0 Å². The highest BCUT2D eigenvalue weighted by molar-refractivity contribution is 5.14. The smallest absolute Gasteiger partial charge is 0.0279 e. The Kier molecular flexibility index (Phi) is 7.00. The van der Waals surface area contributed by atoms with E-state index < -0.39 is 0 Å². The maximum atomic E-state index is 2.41. The first-order chi connectivity index (χ1) is 8.18. The lowest BCUT2D eigenvalue weighted by Crippen LogP contribution is -1.98. The highest BCUT2D eigenvalue weighted by Crippen LogP contribution is 2.17. The molecule has 0 aromatic heterocycles. The van der Waals surface area contributed by atoms with Crippen molar-refractivity contribution in [2.75, 3.05) is 0 Å². The summed E-state index contributed by atoms with van der Waals surface area (Å²) in [5.41, 5.74) is 1.49. The highest BCUT2D eigenvalue weighted by atomic mass is 14.1. The molecule has 0 fully saturated rings. The summed E-state index contributed by atoms with van der Waals surface area (Å²) < 4.78 is 0. The van der Waals surface area contributed by atoms with Crippen molar-refractivity contribution in [3.63, 3.8) is 0 Å². The van der Waals surface area contributed by atoms with Gasteiger partial charge in [0.2, 0.25) is 0 Å². The summed E-state index contributed by atoms with van der Waals surface area (Å²) in [6.07, 6.45) is 8.18. The van der Waals surface area contributed by atoms with E-state index in [1.165, 1.54) is 44.1 Å². The van der Waals surface area contributed by atoms with Gasteiger partial charge in [0.15, 0.2) is 0 Å². The summed E-state index contributed by atoms with van der Waals surface area (Å²) in [6, 6.07) is 10.9. The van der Waals surface area contributed by atoms with Gasteiger partial charge >= 0.3 is 0 Å². The maximum absolute atomic E-state index is 2.41. The van der Waals surface area contributed by atoms with Crippen LogP contribution >= 0.6 is 0 Å². The summed E-state index contributed by atoms with van der Waals surface area (Å²) in [5, 5.41) is 0. The van der Waals surface area contributed by atoms with Crippen molar-refractivity contribution in [2.24, 2.45) is 11.8 Å². The molecule has 96 valence electrons. The fourth-order valence-corrected chi connectivity index (χ4v) is 2.32. The van der Waals surface area contributed by atoms with Crippen molar-refractivity contribution in [3.05, 3.63) is 35.9 Å². The van der Waals surface area contributed by atoms with Gasteiger partial charge in [0, 0.05) is 0 Å². The van der Waals surface area contributed by atoms with Crippen LogP contribution in [-0.4, -0.2) is 0 Å². The Morgan fingerprint density at radius 1 is 0.824 bits per heavy atom. The van der Waals surface area contributed by atoms with Gasteiger partial charge < -0.3 is 0 Å². The van der Waals surface area contributed by atoms with Crippen molar-refractivity contribution in [1.82, 2.24) is 0 Å². The Balaban J connectivity index is 2.06. The zero-order valence-corrected chi connectivity index (χ0v) is 11.8. The van der Waals surface area contributed by atoms with Crippen LogP contribution in [-0.2, 0) is 6.42 Å². The van der Waals surface area contributed by atoms with Gasteiger partial charge in [-0.25, -0.2) is 0 Å². The number of hydrogen-bond donors (Lipinski definition) is 0. The van der Waals surface area contributed by atoms with E-state index in [1.807, 2.05) is 0 Å². The number of benzene rings is 1.